The minimum atomic E-state index is 0.193. The molecule has 0 atom stereocenters. The Morgan fingerprint density at radius 1 is 1.36 bits per heavy atom. The predicted octanol–water partition coefficient (Wildman–Crippen LogP) is 4.01. The van der Waals surface area contributed by atoms with Crippen molar-refractivity contribution in [2.45, 2.75) is 39.5 Å². The quantitative estimate of drug-likeness (QED) is 0.769. The van der Waals surface area contributed by atoms with Crippen molar-refractivity contribution in [3.63, 3.8) is 0 Å². The van der Waals surface area contributed by atoms with Gasteiger partial charge in [-0.15, -0.1) is 0 Å². The summed E-state index contributed by atoms with van der Waals surface area (Å²) >= 11 is 2.29. The van der Waals surface area contributed by atoms with Crippen LogP contribution < -0.4 is 0 Å². The second kappa shape index (κ2) is 4.60. The zero-order valence-electron chi connectivity index (χ0n) is 9.34. The molecule has 0 saturated carbocycles. The molecule has 0 aliphatic heterocycles. The minimum absolute atomic E-state index is 0.193. The van der Waals surface area contributed by atoms with Crippen LogP contribution in [0.4, 0.5) is 0 Å². The van der Waals surface area contributed by atoms with Crippen LogP contribution in [0.2, 0.25) is 0 Å². The van der Waals surface area contributed by atoms with E-state index in [1.807, 2.05) is 6.20 Å². The lowest BCUT2D eigenvalue weighted by Gasteiger charge is -2.26. The average molecular weight is 303 g/mol. The lowest BCUT2D eigenvalue weighted by atomic mass is 9.81. The number of aromatic nitrogens is 1. The molecule has 0 aliphatic rings. The topological polar surface area (TPSA) is 12.9 Å². The molecule has 0 aromatic carbocycles. The van der Waals surface area contributed by atoms with Crippen LogP contribution in [-0.2, 0) is 5.41 Å². The van der Waals surface area contributed by atoms with Crippen molar-refractivity contribution < 1.29 is 0 Å². The summed E-state index contributed by atoms with van der Waals surface area (Å²) in [4.78, 5) is 4.50. The molecule has 0 fully saturated rings. The standard InChI is InChI=1S/C12H18IN/c1-9(2)7-12(3,4)11-6-5-10(13)8-14-11/h5-6,8-9H,7H2,1-4H3. The van der Waals surface area contributed by atoms with Crippen LogP contribution in [0.5, 0.6) is 0 Å². The SMILES string of the molecule is CC(C)CC(C)(C)c1ccc(I)cn1. The van der Waals surface area contributed by atoms with E-state index in [2.05, 4.69) is 67.4 Å². The number of hydrogen-bond acceptors (Lipinski definition) is 1. The van der Waals surface area contributed by atoms with Crippen LogP contribution in [0.1, 0.15) is 39.8 Å². The Balaban J connectivity index is 2.86. The molecule has 0 spiro atoms. The molecular weight excluding hydrogens is 285 g/mol. The normalized spacial score (nSPS) is 12.1. The summed E-state index contributed by atoms with van der Waals surface area (Å²) in [7, 11) is 0. The maximum absolute atomic E-state index is 4.50. The summed E-state index contributed by atoms with van der Waals surface area (Å²) in [5.74, 6) is 0.714. The Hall–Kier alpha value is -0.120. The van der Waals surface area contributed by atoms with Crippen LogP contribution >= 0.6 is 22.6 Å². The first-order valence-corrected chi connectivity index (χ1v) is 6.12. The Kier molecular flexibility index (Phi) is 3.93. The molecule has 78 valence electrons. The van der Waals surface area contributed by atoms with Gasteiger partial charge in [-0.2, -0.15) is 0 Å². The number of hydrogen-bond donors (Lipinski definition) is 0. The lowest BCUT2D eigenvalue weighted by molar-refractivity contribution is 0.390. The number of rotatable bonds is 3. The van der Waals surface area contributed by atoms with E-state index in [0.29, 0.717) is 5.92 Å². The molecule has 0 bridgehead atoms. The third kappa shape index (κ3) is 3.23. The third-order valence-electron chi connectivity index (χ3n) is 2.34. The highest BCUT2D eigenvalue weighted by atomic mass is 127. The average Bonchev–Trinajstić information content (AvgIpc) is 2.02. The highest BCUT2D eigenvalue weighted by molar-refractivity contribution is 14.1. The summed E-state index contributed by atoms with van der Waals surface area (Å²) < 4.78 is 1.20. The second-order valence-corrected chi connectivity index (χ2v) is 6.09. The van der Waals surface area contributed by atoms with Gasteiger partial charge in [0.05, 0.1) is 0 Å². The van der Waals surface area contributed by atoms with Gasteiger partial charge in [-0.05, 0) is 47.1 Å². The van der Waals surface area contributed by atoms with Crippen molar-refractivity contribution in [2.24, 2.45) is 5.92 Å². The van der Waals surface area contributed by atoms with Crippen molar-refractivity contribution in [3.05, 3.63) is 27.6 Å². The number of nitrogens with zero attached hydrogens (tertiary/aromatic N) is 1. The maximum atomic E-state index is 4.50. The first-order valence-electron chi connectivity index (χ1n) is 5.04. The van der Waals surface area contributed by atoms with Crippen molar-refractivity contribution in [3.8, 4) is 0 Å². The van der Waals surface area contributed by atoms with Crippen LogP contribution in [0.15, 0.2) is 18.3 Å². The van der Waals surface area contributed by atoms with Crippen LogP contribution in [0.3, 0.4) is 0 Å². The molecule has 0 saturated heterocycles. The van der Waals surface area contributed by atoms with E-state index >= 15 is 0 Å². The fourth-order valence-corrected chi connectivity index (χ4v) is 2.22. The molecule has 0 aliphatic carbocycles. The van der Waals surface area contributed by atoms with Crippen LogP contribution in [0, 0.1) is 9.49 Å². The smallest absolute Gasteiger partial charge is 0.0460 e. The molecule has 1 aromatic heterocycles. The summed E-state index contributed by atoms with van der Waals surface area (Å²) in [5.41, 5.74) is 1.39. The maximum Gasteiger partial charge on any atom is 0.0460 e. The van der Waals surface area contributed by atoms with Crippen LogP contribution in [-0.4, -0.2) is 4.98 Å². The Labute approximate surface area is 100 Å². The van der Waals surface area contributed by atoms with Gasteiger partial charge in [0.25, 0.3) is 0 Å². The zero-order chi connectivity index (χ0) is 10.8. The van der Waals surface area contributed by atoms with Crippen LogP contribution in [0.25, 0.3) is 0 Å². The van der Waals surface area contributed by atoms with Gasteiger partial charge in [-0.3, -0.25) is 4.98 Å². The molecule has 1 rings (SSSR count). The first-order chi connectivity index (χ1) is 6.42. The van der Waals surface area contributed by atoms with Gasteiger partial charge < -0.3 is 0 Å². The second-order valence-electron chi connectivity index (χ2n) is 4.84. The Bertz CT molecular complexity index is 288. The molecule has 1 nitrogen and oxygen atoms in total. The van der Waals surface area contributed by atoms with E-state index in [4.69, 9.17) is 0 Å². The number of pyridine rings is 1. The van der Waals surface area contributed by atoms with E-state index in [1.54, 1.807) is 0 Å². The van der Waals surface area contributed by atoms with Gasteiger partial charge in [-0.25, -0.2) is 0 Å². The van der Waals surface area contributed by atoms with Gasteiger partial charge in [0.2, 0.25) is 0 Å². The highest BCUT2D eigenvalue weighted by Crippen LogP contribution is 2.28. The molecule has 0 radical (unpaired) electrons. The van der Waals surface area contributed by atoms with Gasteiger partial charge in [0.15, 0.2) is 0 Å². The largest absolute Gasteiger partial charge is 0.260 e. The lowest BCUT2D eigenvalue weighted by Crippen LogP contribution is -2.21. The summed E-state index contributed by atoms with van der Waals surface area (Å²) in [6, 6.07) is 4.27. The van der Waals surface area contributed by atoms with Gasteiger partial charge in [0, 0.05) is 20.9 Å². The molecule has 2 heteroatoms. The highest BCUT2D eigenvalue weighted by Gasteiger charge is 2.22. The zero-order valence-corrected chi connectivity index (χ0v) is 11.5. The summed E-state index contributed by atoms with van der Waals surface area (Å²) in [5, 5.41) is 0. The molecule has 0 N–H and O–H groups in total. The Morgan fingerprint density at radius 2 is 2.00 bits per heavy atom. The first kappa shape index (κ1) is 12.0. The van der Waals surface area contributed by atoms with Crippen molar-refractivity contribution >= 4 is 22.6 Å². The summed E-state index contributed by atoms with van der Waals surface area (Å²) in [6.45, 7) is 9.05. The predicted molar refractivity (Wildman–Crippen MR) is 69.4 cm³/mol. The fourth-order valence-electron chi connectivity index (χ4n) is 1.90. The molecule has 0 unspecified atom stereocenters. The van der Waals surface area contributed by atoms with E-state index in [1.165, 1.54) is 15.7 Å². The van der Waals surface area contributed by atoms with Crippen molar-refractivity contribution in [1.82, 2.24) is 4.98 Å². The van der Waals surface area contributed by atoms with Gasteiger partial charge in [0.1, 0.15) is 0 Å². The summed E-state index contributed by atoms with van der Waals surface area (Å²) in [6.07, 6.45) is 3.12. The Morgan fingerprint density at radius 3 is 2.43 bits per heavy atom. The fraction of sp³-hybridized carbons (Fsp3) is 0.583. The number of halogens is 1. The molecule has 1 aromatic rings. The van der Waals surface area contributed by atoms with E-state index in [9.17, 15) is 0 Å². The third-order valence-corrected chi connectivity index (χ3v) is 2.98. The van der Waals surface area contributed by atoms with Crippen molar-refractivity contribution in [1.29, 1.82) is 0 Å². The van der Waals surface area contributed by atoms with E-state index < -0.39 is 0 Å². The van der Waals surface area contributed by atoms with Gasteiger partial charge in [-0.1, -0.05) is 27.7 Å². The van der Waals surface area contributed by atoms with Gasteiger partial charge >= 0.3 is 0 Å². The molecular formula is C12H18IN. The molecule has 0 amide bonds. The molecule has 1 heterocycles. The van der Waals surface area contributed by atoms with E-state index in [-0.39, 0.29) is 5.41 Å². The van der Waals surface area contributed by atoms with E-state index in [0.717, 1.165) is 0 Å². The minimum Gasteiger partial charge on any atom is -0.260 e. The molecule has 14 heavy (non-hydrogen) atoms. The van der Waals surface area contributed by atoms with Crippen molar-refractivity contribution in [2.75, 3.05) is 0 Å². The monoisotopic (exact) mass is 303 g/mol.